The number of allylic oxidation sites excluding steroid dienone is 3. The lowest BCUT2D eigenvalue weighted by Gasteiger charge is -2.34. The molecule has 0 bridgehead atoms. The summed E-state index contributed by atoms with van der Waals surface area (Å²) in [6, 6.07) is 8.19. The molecule has 0 heterocycles. The van der Waals surface area contributed by atoms with Crippen LogP contribution in [0, 0.1) is 5.41 Å². The highest BCUT2D eigenvalue weighted by Gasteiger charge is 2.27. The fourth-order valence-electron chi connectivity index (χ4n) is 4.45. The molecule has 3 nitrogen and oxygen atoms in total. The van der Waals surface area contributed by atoms with Crippen molar-refractivity contribution in [3.8, 4) is 5.75 Å². The van der Waals surface area contributed by atoms with Crippen molar-refractivity contribution < 1.29 is 14.2 Å². The molecule has 1 aromatic carbocycles. The Bertz CT molecular complexity index is 693. The van der Waals surface area contributed by atoms with Crippen LogP contribution in [0.2, 0.25) is 0 Å². The molecule has 0 saturated heterocycles. The molecule has 1 aliphatic rings. The van der Waals surface area contributed by atoms with Crippen LogP contribution in [0.5, 0.6) is 5.75 Å². The molecule has 0 fully saturated rings. The van der Waals surface area contributed by atoms with Crippen LogP contribution >= 0.6 is 0 Å². The fourth-order valence-corrected chi connectivity index (χ4v) is 4.45. The largest absolute Gasteiger partial charge is 0.489 e. The molecule has 1 aromatic rings. The maximum atomic E-state index is 5.94. The number of methoxy groups -OCH3 is 2. The maximum absolute atomic E-state index is 5.94. The zero-order chi connectivity index (χ0) is 22.0. The first-order valence-electron chi connectivity index (χ1n) is 11.5. The van der Waals surface area contributed by atoms with Gasteiger partial charge in [0, 0.05) is 20.6 Å². The summed E-state index contributed by atoms with van der Waals surface area (Å²) in [6.07, 6.45) is 11.8. The Morgan fingerprint density at radius 2 is 1.80 bits per heavy atom. The van der Waals surface area contributed by atoms with E-state index >= 15 is 0 Å². The van der Waals surface area contributed by atoms with E-state index in [4.69, 9.17) is 14.2 Å². The van der Waals surface area contributed by atoms with Gasteiger partial charge in [-0.1, -0.05) is 43.2 Å². The highest BCUT2D eigenvalue weighted by Crippen LogP contribution is 2.42. The highest BCUT2D eigenvalue weighted by molar-refractivity contribution is 5.28. The molecule has 0 N–H and O–H groups in total. The summed E-state index contributed by atoms with van der Waals surface area (Å²) in [7, 11) is 3.33. The Labute approximate surface area is 184 Å². The average molecular weight is 415 g/mol. The number of unbranched alkanes of at least 4 members (excludes halogenated alkanes) is 2. The lowest BCUT2D eigenvalue weighted by Crippen LogP contribution is -2.20. The topological polar surface area (TPSA) is 27.7 Å². The van der Waals surface area contributed by atoms with E-state index < -0.39 is 0 Å². The van der Waals surface area contributed by atoms with Gasteiger partial charge in [-0.15, -0.1) is 0 Å². The van der Waals surface area contributed by atoms with E-state index in [1.54, 1.807) is 25.4 Å². The van der Waals surface area contributed by atoms with Crippen molar-refractivity contribution >= 4 is 0 Å². The van der Waals surface area contributed by atoms with E-state index in [0.29, 0.717) is 12.0 Å². The molecule has 0 aromatic heterocycles. The summed E-state index contributed by atoms with van der Waals surface area (Å²) in [5, 5.41) is 0. The third-order valence-corrected chi connectivity index (χ3v) is 6.38. The Morgan fingerprint density at radius 1 is 1.10 bits per heavy atom. The van der Waals surface area contributed by atoms with Gasteiger partial charge in [-0.05, 0) is 87.5 Å². The van der Waals surface area contributed by atoms with Crippen molar-refractivity contribution in [2.24, 2.45) is 5.41 Å². The van der Waals surface area contributed by atoms with Gasteiger partial charge in [-0.3, -0.25) is 0 Å². The standard InChI is InChI=1S/C27H42O3/c1-21(11-8-7-9-13-25-22(2)12-10-18-27(25,3)4)20-30-24-16-14-23(15-17-24)19-26(28-5)29-6/h11,14-17,26H,7-10,12-13,18-20H2,1-6H3/b21-11+. The molecule has 0 atom stereocenters. The predicted octanol–water partition coefficient (Wildman–Crippen LogP) is 7.26. The van der Waals surface area contributed by atoms with Crippen molar-refractivity contribution in [1.29, 1.82) is 0 Å². The van der Waals surface area contributed by atoms with E-state index in [1.807, 2.05) is 12.1 Å². The average Bonchev–Trinajstić information content (AvgIpc) is 2.72. The van der Waals surface area contributed by atoms with Crippen molar-refractivity contribution in [3.63, 3.8) is 0 Å². The van der Waals surface area contributed by atoms with Crippen LogP contribution in [0.4, 0.5) is 0 Å². The van der Waals surface area contributed by atoms with Crippen LogP contribution in [-0.2, 0) is 15.9 Å². The van der Waals surface area contributed by atoms with Crippen molar-refractivity contribution in [2.45, 2.75) is 85.4 Å². The van der Waals surface area contributed by atoms with Gasteiger partial charge in [-0.2, -0.15) is 0 Å². The number of hydrogen-bond acceptors (Lipinski definition) is 3. The molecule has 1 aliphatic carbocycles. The van der Waals surface area contributed by atoms with Crippen LogP contribution < -0.4 is 4.74 Å². The van der Waals surface area contributed by atoms with Gasteiger partial charge >= 0.3 is 0 Å². The second-order valence-corrected chi connectivity index (χ2v) is 9.33. The minimum Gasteiger partial charge on any atom is -0.489 e. The van der Waals surface area contributed by atoms with Crippen molar-refractivity contribution in [2.75, 3.05) is 20.8 Å². The predicted molar refractivity (Wildman–Crippen MR) is 126 cm³/mol. The minimum absolute atomic E-state index is 0.202. The first-order valence-corrected chi connectivity index (χ1v) is 11.5. The fraction of sp³-hybridized carbons (Fsp3) is 0.630. The Hall–Kier alpha value is -1.58. The van der Waals surface area contributed by atoms with Crippen molar-refractivity contribution in [3.05, 3.63) is 52.6 Å². The van der Waals surface area contributed by atoms with Crippen LogP contribution in [-0.4, -0.2) is 27.1 Å². The monoisotopic (exact) mass is 414 g/mol. The minimum atomic E-state index is -0.202. The number of hydrogen-bond donors (Lipinski definition) is 0. The van der Waals surface area contributed by atoms with Crippen LogP contribution in [0.15, 0.2) is 47.1 Å². The van der Waals surface area contributed by atoms with Crippen LogP contribution in [0.1, 0.15) is 78.2 Å². The van der Waals surface area contributed by atoms with Gasteiger partial charge < -0.3 is 14.2 Å². The van der Waals surface area contributed by atoms with Crippen LogP contribution in [0.3, 0.4) is 0 Å². The summed E-state index contributed by atoms with van der Waals surface area (Å²) in [6.45, 7) is 10.00. The lowest BCUT2D eigenvalue weighted by molar-refractivity contribution is -0.100. The van der Waals surface area contributed by atoms with E-state index in [2.05, 4.69) is 45.9 Å². The SMILES string of the molecule is COC(Cc1ccc(OC/C(C)=C/CCCCC2=C(C)CCCC2(C)C)cc1)OC. The Balaban J connectivity index is 1.69. The third-order valence-electron chi connectivity index (χ3n) is 6.38. The quantitative estimate of drug-likeness (QED) is 0.205. The van der Waals surface area contributed by atoms with Gasteiger partial charge in [0.2, 0.25) is 0 Å². The maximum Gasteiger partial charge on any atom is 0.160 e. The van der Waals surface area contributed by atoms with E-state index in [1.165, 1.54) is 49.7 Å². The zero-order valence-corrected chi connectivity index (χ0v) is 20.1. The third kappa shape index (κ3) is 7.92. The summed E-state index contributed by atoms with van der Waals surface area (Å²) in [5.41, 5.74) is 6.26. The normalized spacial score (nSPS) is 17.0. The van der Waals surface area contributed by atoms with Crippen LogP contribution in [0.25, 0.3) is 0 Å². The molecule has 0 unspecified atom stereocenters. The lowest BCUT2D eigenvalue weighted by atomic mass is 9.71. The number of ether oxygens (including phenoxy) is 3. The van der Waals surface area contributed by atoms with Gasteiger partial charge in [-0.25, -0.2) is 0 Å². The van der Waals surface area contributed by atoms with E-state index in [0.717, 1.165) is 18.6 Å². The molecule has 0 aliphatic heterocycles. The van der Waals surface area contributed by atoms with E-state index in [-0.39, 0.29) is 6.29 Å². The first-order chi connectivity index (χ1) is 14.4. The number of benzene rings is 1. The second-order valence-electron chi connectivity index (χ2n) is 9.33. The summed E-state index contributed by atoms with van der Waals surface area (Å²) < 4.78 is 16.4. The zero-order valence-electron chi connectivity index (χ0n) is 20.1. The van der Waals surface area contributed by atoms with Gasteiger partial charge in [0.25, 0.3) is 0 Å². The Kier molecular flexibility index (Phi) is 10.1. The molecule has 0 spiro atoms. The first kappa shape index (κ1) is 24.7. The molecule has 3 heteroatoms. The van der Waals surface area contributed by atoms with Gasteiger partial charge in [0.15, 0.2) is 6.29 Å². The van der Waals surface area contributed by atoms with Crippen molar-refractivity contribution in [1.82, 2.24) is 0 Å². The second kappa shape index (κ2) is 12.3. The van der Waals surface area contributed by atoms with Gasteiger partial charge in [0.1, 0.15) is 12.4 Å². The molecular formula is C27H42O3. The highest BCUT2D eigenvalue weighted by atomic mass is 16.7. The molecule has 30 heavy (non-hydrogen) atoms. The van der Waals surface area contributed by atoms with E-state index in [9.17, 15) is 0 Å². The number of rotatable bonds is 12. The molecule has 2 rings (SSSR count). The summed E-state index contributed by atoms with van der Waals surface area (Å²) in [4.78, 5) is 0. The Morgan fingerprint density at radius 3 is 2.43 bits per heavy atom. The molecule has 0 amide bonds. The molecule has 0 saturated carbocycles. The molecule has 168 valence electrons. The molecule has 0 radical (unpaired) electrons. The smallest absolute Gasteiger partial charge is 0.160 e. The summed E-state index contributed by atoms with van der Waals surface area (Å²) >= 11 is 0. The van der Waals surface area contributed by atoms with Gasteiger partial charge in [0.05, 0.1) is 0 Å². The summed E-state index contributed by atoms with van der Waals surface area (Å²) in [5.74, 6) is 0.903. The molecular weight excluding hydrogens is 372 g/mol.